The van der Waals surface area contributed by atoms with Crippen LogP contribution < -0.4 is 10.5 Å². The normalized spacial score (nSPS) is 28.3. The molecule has 2 unspecified atom stereocenters. The van der Waals surface area contributed by atoms with Gasteiger partial charge in [-0.15, -0.1) is 0 Å². The minimum absolute atomic E-state index is 0.0222. The maximum Gasteiger partial charge on any atom is 0.213 e. The smallest absolute Gasteiger partial charge is 0.213 e. The Balaban J connectivity index is 1.90. The zero-order valence-corrected chi connectivity index (χ0v) is 11.3. The summed E-state index contributed by atoms with van der Waals surface area (Å²) in [6, 6.07) is 6.72. The fourth-order valence-electron chi connectivity index (χ4n) is 2.84. The van der Waals surface area contributed by atoms with Crippen LogP contribution in [0, 0.1) is 0 Å². The van der Waals surface area contributed by atoms with E-state index in [0.717, 1.165) is 18.8 Å². The molecule has 2 atom stereocenters. The van der Waals surface area contributed by atoms with Crippen molar-refractivity contribution >= 4 is 0 Å². The second-order valence-electron chi connectivity index (χ2n) is 5.16. The molecule has 1 aliphatic carbocycles. The van der Waals surface area contributed by atoms with Crippen LogP contribution in [0.1, 0.15) is 24.6 Å². The van der Waals surface area contributed by atoms with Gasteiger partial charge in [-0.2, -0.15) is 0 Å². The largest absolute Gasteiger partial charge is 0.481 e. The van der Waals surface area contributed by atoms with Gasteiger partial charge in [0.1, 0.15) is 0 Å². The first kappa shape index (κ1) is 12.8. The quantitative estimate of drug-likeness (QED) is 0.876. The van der Waals surface area contributed by atoms with E-state index in [4.69, 9.17) is 15.2 Å². The lowest BCUT2D eigenvalue weighted by molar-refractivity contribution is -0.0727. The fraction of sp³-hybridized carbons (Fsp3) is 0.643. The van der Waals surface area contributed by atoms with Gasteiger partial charge in [0.2, 0.25) is 5.88 Å². The third kappa shape index (κ3) is 2.59. The van der Waals surface area contributed by atoms with Crippen LogP contribution >= 0.6 is 0 Å². The summed E-state index contributed by atoms with van der Waals surface area (Å²) < 4.78 is 11.1. The number of morpholine rings is 1. The average molecular weight is 263 g/mol. The molecule has 0 amide bonds. The molecule has 1 saturated heterocycles. The van der Waals surface area contributed by atoms with Gasteiger partial charge in [-0.1, -0.05) is 6.07 Å². The fourth-order valence-corrected chi connectivity index (χ4v) is 2.84. The first-order valence-electron chi connectivity index (χ1n) is 6.92. The van der Waals surface area contributed by atoms with E-state index in [1.807, 2.05) is 18.2 Å². The molecule has 0 spiro atoms. The van der Waals surface area contributed by atoms with Crippen molar-refractivity contribution in [2.45, 2.75) is 31.0 Å². The highest BCUT2D eigenvalue weighted by Crippen LogP contribution is 2.38. The minimum atomic E-state index is 0.0222. The molecule has 5 nitrogen and oxygen atoms in total. The van der Waals surface area contributed by atoms with Crippen LogP contribution in [-0.2, 0) is 4.74 Å². The third-order valence-corrected chi connectivity index (χ3v) is 3.90. The van der Waals surface area contributed by atoms with Crippen molar-refractivity contribution in [3.05, 3.63) is 23.9 Å². The molecule has 0 bridgehead atoms. The SMILES string of the molecule is COc1cccc(C2C(CN)OCCN2C2CC2)n1. The molecule has 1 saturated carbocycles. The van der Waals surface area contributed by atoms with Crippen LogP contribution in [0.4, 0.5) is 0 Å². The van der Waals surface area contributed by atoms with Crippen molar-refractivity contribution in [2.75, 3.05) is 26.8 Å². The van der Waals surface area contributed by atoms with Gasteiger partial charge >= 0.3 is 0 Å². The summed E-state index contributed by atoms with van der Waals surface area (Å²) in [5.74, 6) is 0.648. The average Bonchev–Trinajstić information content (AvgIpc) is 3.31. The molecule has 0 radical (unpaired) electrons. The maximum absolute atomic E-state index is 5.87. The lowest BCUT2D eigenvalue weighted by Crippen LogP contribution is -2.49. The lowest BCUT2D eigenvalue weighted by Gasteiger charge is -2.40. The molecule has 2 N–H and O–H groups in total. The topological polar surface area (TPSA) is 60.6 Å². The molecule has 2 fully saturated rings. The molecule has 1 aromatic rings. The summed E-state index contributed by atoms with van der Waals surface area (Å²) >= 11 is 0. The molecule has 0 aromatic carbocycles. The zero-order chi connectivity index (χ0) is 13.2. The van der Waals surface area contributed by atoms with E-state index in [0.29, 0.717) is 18.5 Å². The number of pyridine rings is 1. The number of nitrogens with two attached hydrogens (primary N) is 1. The Bertz CT molecular complexity index is 436. The minimum Gasteiger partial charge on any atom is -0.481 e. The van der Waals surface area contributed by atoms with Crippen LogP contribution in [0.25, 0.3) is 0 Å². The Kier molecular flexibility index (Phi) is 3.68. The number of methoxy groups -OCH3 is 1. The van der Waals surface area contributed by atoms with Gasteiger partial charge in [-0.25, -0.2) is 4.98 Å². The van der Waals surface area contributed by atoms with E-state index < -0.39 is 0 Å². The highest BCUT2D eigenvalue weighted by molar-refractivity contribution is 5.20. The van der Waals surface area contributed by atoms with E-state index in [9.17, 15) is 0 Å². The van der Waals surface area contributed by atoms with Gasteiger partial charge in [-0.05, 0) is 18.9 Å². The summed E-state index contributed by atoms with van der Waals surface area (Å²) in [5.41, 5.74) is 6.87. The van der Waals surface area contributed by atoms with E-state index >= 15 is 0 Å². The first-order chi connectivity index (χ1) is 9.33. The highest BCUT2D eigenvalue weighted by atomic mass is 16.5. The van der Waals surface area contributed by atoms with Gasteiger partial charge in [-0.3, -0.25) is 4.90 Å². The number of hydrogen-bond acceptors (Lipinski definition) is 5. The Morgan fingerprint density at radius 3 is 3.00 bits per heavy atom. The standard InChI is InChI=1S/C14H21N3O2/c1-18-13-4-2-3-11(16-13)14-12(9-15)19-8-7-17(14)10-5-6-10/h2-4,10,12,14H,5-9,15H2,1H3. The number of rotatable bonds is 4. The zero-order valence-electron chi connectivity index (χ0n) is 11.3. The van der Waals surface area contributed by atoms with Gasteiger partial charge in [0.15, 0.2) is 0 Å². The van der Waals surface area contributed by atoms with Crippen LogP contribution in [0.2, 0.25) is 0 Å². The van der Waals surface area contributed by atoms with Crippen molar-refractivity contribution in [2.24, 2.45) is 5.73 Å². The highest BCUT2D eigenvalue weighted by Gasteiger charge is 2.41. The van der Waals surface area contributed by atoms with Gasteiger partial charge in [0.25, 0.3) is 0 Å². The first-order valence-corrected chi connectivity index (χ1v) is 6.92. The van der Waals surface area contributed by atoms with Crippen LogP contribution in [0.3, 0.4) is 0 Å². The Hall–Kier alpha value is -1.17. The summed E-state index contributed by atoms with van der Waals surface area (Å²) in [7, 11) is 1.64. The second kappa shape index (κ2) is 5.45. The van der Waals surface area contributed by atoms with Crippen LogP contribution in [-0.4, -0.2) is 48.8 Å². The molecule has 1 aliphatic heterocycles. The van der Waals surface area contributed by atoms with Gasteiger partial charge in [0.05, 0.1) is 31.6 Å². The molecule has 5 heteroatoms. The molecule has 104 valence electrons. The maximum atomic E-state index is 5.87. The second-order valence-corrected chi connectivity index (χ2v) is 5.16. The molecular weight excluding hydrogens is 242 g/mol. The van der Waals surface area contributed by atoms with Crippen molar-refractivity contribution in [1.82, 2.24) is 9.88 Å². The number of aromatic nitrogens is 1. The Morgan fingerprint density at radius 1 is 1.47 bits per heavy atom. The number of ether oxygens (including phenoxy) is 2. The number of hydrogen-bond donors (Lipinski definition) is 1. The van der Waals surface area contributed by atoms with Crippen molar-refractivity contribution in [3.8, 4) is 5.88 Å². The van der Waals surface area contributed by atoms with E-state index in [2.05, 4.69) is 9.88 Å². The lowest BCUT2D eigenvalue weighted by atomic mass is 10.0. The molecule has 1 aromatic heterocycles. The predicted molar refractivity (Wildman–Crippen MR) is 72.1 cm³/mol. The predicted octanol–water partition coefficient (Wildman–Crippen LogP) is 0.953. The molecule has 3 rings (SSSR count). The molecule has 2 aliphatic rings. The van der Waals surface area contributed by atoms with Crippen molar-refractivity contribution < 1.29 is 9.47 Å². The van der Waals surface area contributed by atoms with Crippen molar-refractivity contribution in [1.29, 1.82) is 0 Å². The Labute approximate surface area is 113 Å². The van der Waals surface area contributed by atoms with E-state index in [1.165, 1.54) is 12.8 Å². The summed E-state index contributed by atoms with van der Waals surface area (Å²) in [4.78, 5) is 7.08. The number of nitrogens with zero attached hydrogens (tertiary/aromatic N) is 2. The van der Waals surface area contributed by atoms with Crippen LogP contribution in [0.5, 0.6) is 5.88 Å². The summed E-state index contributed by atoms with van der Waals surface area (Å²) in [5, 5.41) is 0. The van der Waals surface area contributed by atoms with E-state index in [-0.39, 0.29) is 12.1 Å². The van der Waals surface area contributed by atoms with Gasteiger partial charge in [0, 0.05) is 25.2 Å². The summed E-state index contributed by atoms with van der Waals surface area (Å²) in [6.07, 6.45) is 2.57. The van der Waals surface area contributed by atoms with E-state index in [1.54, 1.807) is 7.11 Å². The van der Waals surface area contributed by atoms with Gasteiger partial charge < -0.3 is 15.2 Å². The van der Waals surface area contributed by atoms with Crippen molar-refractivity contribution in [3.63, 3.8) is 0 Å². The van der Waals surface area contributed by atoms with Crippen LogP contribution in [0.15, 0.2) is 18.2 Å². The Morgan fingerprint density at radius 2 is 2.32 bits per heavy atom. The molecular formula is C14H21N3O2. The third-order valence-electron chi connectivity index (χ3n) is 3.90. The summed E-state index contributed by atoms with van der Waals surface area (Å²) in [6.45, 7) is 2.25. The monoisotopic (exact) mass is 263 g/mol. The molecule has 19 heavy (non-hydrogen) atoms. The molecule has 2 heterocycles.